The Morgan fingerprint density at radius 1 is 1.43 bits per heavy atom. The van der Waals surface area contributed by atoms with Gasteiger partial charge in [-0.2, -0.15) is 0 Å². The molecule has 0 radical (unpaired) electrons. The number of benzene rings is 1. The summed E-state index contributed by atoms with van der Waals surface area (Å²) < 4.78 is 13.8. The maximum Gasteiger partial charge on any atom is 0.276 e. The highest BCUT2D eigenvalue weighted by Gasteiger charge is 2.34. The number of rotatable bonds is 5. The zero-order chi connectivity index (χ0) is 16.6. The van der Waals surface area contributed by atoms with Crippen molar-refractivity contribution in [3.05, 3.63) is 39.2 Å². The summed E-state index contributed by atoms with van der Waals surface area (Å²) in [6, 6.07) is 2.92. The third-order valence-corrected chi connectivity index (χ3v) is 4.71. The van der Waals surface area contributed by atoms with Gasteiger partial charge in [-0.15, -0.1) is 0 Å². The minimum Gasteiger partial charge on any atom is -0.352 e. The Bertz CT molecular complexity index is 646. The molecule has 1 amide bonds. The summed E-state index contributed by atoms with van der Waals surface area (Å²) in [7, 11) is 0. The van der Waals surface area contributed by atoms with Crippen LogP contribution in [0.15, 0.2) is 12.1 Å². The van der Waals surface area contributed by atoms with Crippen LogP contribution < -0.4 is 5.32 Å². The predicted molar refractivity (Wildman–Crippen MR) is 82.8 cm³/mol. The summed E-state index contributed by atoms with van der Waals surface area (Å²) in [6.07, 6.45) is 3.58. The second-order valence-electron chi connectivity index (χ2n) is 6.45. The Labute approximate surface area is 133 Å². The van der Waals surface area contributed by atoms with Crippen molar-refractivity contribution in [2.24, 2.45) is 5.92 Å². The van der Waals surface area contributed by atoms with Gasteiger partial charge in [0.05, 0.1) is 10.5 Å². The molecule has 0 bridgehead atoms. The number of nitro benzene ring substituents is 1. The van der Waals surface area contributed by atoms with Crippen molar-refractivity contribution in [2.75, 3.05) is 19.6 Å². The number of nitrogens with one attached hydrogen (secondary N) is 1. The molecular weight excluding hydrogens is 301 g/mol. The molecular formula is C16H20FN3O3. The topological polar surface area (TPSA) is 75.5 Å². The summed E-state index contributed by atoms with van der Waals surface area (Å²) in [4.78, 5) is 24.9. The van der Waals surface area contributed by atoms with E-state index in [9.17, 15) is 19.3 Å². The Balaban J connectivity index is 1.61. The summed E-state index contributed by atoms with van der Waals surface area (Å²) in [5.74, 6) is -0.799. The van der Waals surface area contributed by atoms with E-state index in [2.05, 4.69) is 10.2 Å². The average Bonchev–Trinajstić information content (AvgIpc) is 3.26. The molecule has 7 heteroatoms. The molecule has 1 aromatic rings. The first-order valence-corrected chi connectivity index (χ1v) is 7.92. The number of nitro groups is 1. The lowest BCUT2D eigenvalue weighted by Crippen LogP contribution is -2.31. The fourth-order valence-electron chi connectivity index (χ4n) is 3.12. The predicted octanol–water partition coefficient (Wildman–Crippen LogP) is 2.26. The Morgan fingerprint density at radius 2 is 2.17 bits per heavy atom. The first kappa shape index (κ1) is 15.9. The van der Waals surface area contributed by atoms with E-state index in [4.69, 9.17) is 0 Å². The molecule has 1 aliphatic heterocycles. The molecule has 1 aliphatic carbocycles. The summed E-state index contributed by atoms with van der Waals surface area (Å²) >= 11 is 0. The Kier molecular flexibility index (Phi) is 4.30. The number of halogens is 1. The third-order valence-electron chi connectivity index (χ3n) is 4.71. The number of hydrogen-bond acceptors (Lipinski definition) is 4. The lowest BCUT2D eigenvalue weighted by molar-refractivity contribution is -0.385. The number of hydrogen-bond donors (Lipinski definition) is 1. The van der Waals surface area contributed by atoms with Crippen LogP contribution in [0.3, 0.4) is 0 Å². The number of nitrogens with zero attached hydrogens (tertiary/aromatic N) is 2. The zero-order valence-electron chi connectivity index (χ0n) is 13.0. The molecule has 124 valence electrons. The van der Waals surface area contributed by atoms with Crippen LogP contribution in [-0.4, -0.2) is 41.4 Å². The quantitative estimate of drug-likeness (QED) is 0.667. The largest absolute Gasteiger partial charge is 0.352 e. The highest BCUT2D eigenvalue weighted by atomic mass is 19.1. The molecule has 2 aliphatic rings. The van der Waals surface area contributed by atoms with Crippen LogP contribution in [0.1, 0.15) is 35.2 Å². The van der Waals surface area contributed by atoms with Gasteiger partial charge in [0.15, 0.2) is 0 Å². The lowest BCUT2D eigenvalue weighted by Gasteiger charge is -2.15. The molecule has 23 heavy (non-hydrogen) atoms. The van der Waals surface area contributed by atoms with E-state index in [1.54, 1.807) is 0 Å². The maximum atomic E-state index is 13.8. The van der Waals surface area contributed by atoms with Crippen molar-refractivity contribution in [3.63, 3.8) is 0 Å². The molecule has 6 nitrogen and oxygen atoms in total. The van der Waals surface area contributed by atoms with Gasteiger partial charge in [0.25, 0.3) is 11.6 Å². The minimum absolute atomic E-state index is 0.00292. The molecule has 2 fully saturated rings. The van der Waals surface area contributed by atoms with Crippen LogP contribution in [0.2, 0.25) is 0 Å². The van der Waals surface area contributed by atoms with E-state index >= 15 is 0 Å². The monoisotopic (exact) mass is 321 g/mol. The molecule has 1 atom stereocenters. The van der Waals surface area contributed by atoms with E-state index in [-0.39, 0.29) is 16.8 Å². The highest BCUT2D eigenvalue weighted by Crippen LogP contribution is 2.31. The van der Waals surface area contributed by atoms with Gasteiger partial charge >= 0.3 is 0 Å². The number of carbonyl (C=O) groups excluding carboxylic acids is 1. The SMILES string of the molecule is Cc1c(F)cc(C(=O)NCC2CCN(C3CC3)C2)cc1[N+](=O)[O-]. The Hall–Kier alpha value is -2.02. The maximum absolute atomic E-state index is 13.8. The molecule has 1 saturated carbocycles. The first-order valence-electron chi connectivity index (χ1n) is 7.92. The van der Waals surface area contributed by atoms with Crippen LogP contribution in [0, 0.1) is 28.8 Å². The van der Waals surface area contributed by atoms with Crippen molar-refractivity contribution >= 4 is 11.6 Å². The summed E-state index contributed by atoms with van der Waals surface area (Å²) in [5.41, 5.74) is -0.421. The molecule has 1 saturated heterocycles. The second kappa shape index (κ2) is 6.23. The molecule has 3 rings (SSSR count). The van der Waals surface area contributed by atoms with Crippen molar-refractivity contribution < 1.29 is 14.1 Å². The fourth-order valence-corrected chi connectivity index (χ4v) is 3.12. The van der Waals surface area contributed by atoms with Crippen LogP contribution in [-0.2, 0) is 0 Å². The van der Waals surface area contributed by atoms with Gasteiger partial charge in [-0.1, -0.05) is 0 Å². The van der Waals surface area contributed by atoms with E-state index < -0.39 is 16.6 Å². The van der Waals surface area contributed by atoms with Gasteiger partial charge in [-0.25, -0.2) is 4.39 Å². The van der Waals surface area contributed by atoms with Gasteiger partial charge in [0.2, 0.25) is 0 Å². The van der Waals surface area contributed by atoms with Gasteiger partial charge in [-0.3, -0.25) is 14.9 Å². The second-order valence-corrected chi connectivity index (χ2v) is 6.45. The fraction of sp³-hybridized carbons (Fsp3) is 0.562. The van der Waals surface area contributed by atoms with Gasteiger partial charge in [0.1, 0.15) is 5.82 Å². The molecule has 0 aromatic heterocycles. The van der Waals surface area contributed by atoms with Gasteiger partial charge < -0.3 is 10.2 Å². The van der Waals surface area contributed by atoms with Crippen LogP contribution in [0.4, 0.5) is 10.1 Å². The molecule has 1 aromatic carbocycles. The number of amides is 1. The summed E-state index contributed by atoms with van der Waals surface area (Å²) in [5, 5.41) is 13.7. The first-order chi connectivity index (χ1) is 11.0. The van der Waals surface area contributed by atoms with Crippen LogP contribution >= 0.6 is 0 Å². The normalized spacial score (nSPS) is 21.4. The smallest absolute Gasteiger partial charge is 0.276 e. The average molecular weight is 321 g/mol. The van der Waals surface area contributed by atoms with Crippen molar-refractivity contribution in [3.8, 4) is 0 Å². The van der Waals surface area contributed by atoms with Crippen molar-refractivity contribution in [1.82, 2.24) is 10.2 Å². The standard InChI is InChI=1S/C16H20FN3O3/c1-10-14(17)6-12(7-15(10)20(22)23)16(21)18-8-11-4-5-19(9-11)13-2-3-13/h6-7,11,13H,2-5,8-9H2,1H3,(H,18,21). The molecule has 1 unspecified atom stereocenters. The Morgan fingerprint density at radius 3 is 2.83 bits per heavy atom. The van der Waals surface area contributed by atoms with Crippen molar-refractivity contribution in [1.29, 1.82) is 0 Å². The highest BCUT2D eigenvalue weighted by molar-refractivity contribution is 5.95. The summed E-state index contributed by atoms with van der Waals surface area (Å²) in [6.45, 7) is 3.90. The lowest BCUT2D eigenvalue weighted by atomic mass is 10.1. The number of likely N-dealkylation sites (tertiary alicyclic amines) is 1. The van der Waals surface area contributed by atoms with Gasteiger partial charge in [0, 0.05) is 30.8 Å². The van der Waals surface area contributed by atoms with E-state index in [1.807, 2.05) is 0 Å². The van der Waals surface area contributed by atoms with Crippen LogP contribution in [0.5, 0.6) is 0 Å². The van der Waals surface area contributed by atoms with E-state index in [0.29, 0.717) is 12.5 Å². The molecule has 0 spiro atoms. The van der Waals surface area contributed by atoms with E-state index in [0.717, 1.165) is 37.7 Å². The van der Waals surface area contributed by atoms with E-state index in [1.165, 1.54) is 19.8 Å². The minimum atomic E-state index is -0.731. The molecule has 1 N–H and O–H groups in total. The molecule has 1 heterocycles. The van der Waals surface area contributed by atoms with Crippen molar-refractivity contribution in [2.45, 2.75) is 32.2 Å². The van der Waals surface area contributed by atoms with Crippen LogP contribution in [0.25, 0.3) is 0 Å². The van der Waals surface area contributed by atoms with Gasteiger partial charge in [-0.05, 0) is 44.7 Å². The number of carbonyl (C=O) groups is 1. The third kappa shape index (κ3) is 3.50. The zero-order valence-corrected chi connectivity index (χ0v) is 13.0.